The number of nitrogens with zero attached hydrogens (tertiary/aromatic N) is 2. The van der Waals surface area contributed by atoms with Gasteiger partial charge in [0.15, 0.2) is 0 Å². The van der Waals surface area contributed by atoms with Gasteiger partial charge in [0.25, 0.3) is 0 Å². The molecule has 5 heteroatoms. The van der Waals surface area contributed by atoms with E-state index in [1.165, 1.54) is 5.56 Å². The molecule has 3 rings (SSSR count). The molecule has 1 aromatic carbocycles. The number of fused-ring (bicyclic) bond motifs is 1. The van der Waals surface area contributed by atoms with Crippen LogP contribution in [0.3, 0.4) is 0 Å². The molecule has 0 saturated heterocycles. The SMILES string of the molecule is Cc1nc(CN(C)C(=O)CC2CNc3ccccc32)cs1. The third-order valence-corrected chi connectivity index (χ3v) is 4.67. The Kier molecular flexibility index (Phi) is 3.92. The molecule has 0 radical (unpaired) electrons. The Bertz CT molecular complexity index is 652. The molecule has 1 aliphatic rings. The Morgan fingerprint density at radius 3 is 3.05 bits per heavy atom. The summed E-state index contributed by atoms with van der Waals surface area (Å²) in [5.41, 5.74) is 3.38. The molecule has 21 heavy (non-hydrogen) atoms. The molecule has 1 N–H and O–H groups in total. The fourth-order valence-corrected chi connectivity index (χ4v) is 3.32. The molecular formula is C16H19N3OS. The quantitative estimate of drug-likeness (QED) is 0.944. The summed E-state index contributed by atoms with van der Waals surface area (Å²) in [4.78, 5) is 18.6. The van der Waals surface area contributed by atoms with Crippen molar-refractivity contribution in [2.24, 2.45) is 0 Å². The third kappa shape index (κ3) is 3.08. The Morgan fingerprint density at radius 1 is 1.48 bits per heavy atom. The van der Waals surface area contributed by atoms with Gasteiger partial charge in [0.2, 0.25) is 5.91 Å². The molecule has 0 bridgehead atoms. The number of amides is 1. The van der Waals surface area contributed by atoms with Crippen molar-refractivity contribution >= 4 is 22.9 Å². The topological polar surface area (TPSA) is 45.2 Å². The van der Waals surface area contributed by atoms with E-state index in [2.05, 4.69) is 22.4 Å². The summed E-state index contributed by atoms with van der Waals surface area (Å²) in [6.45, 7) is 3.41. The molecule has 110 valence electrons. The highest BCUT2D eigenvalue weighted by molar-refractivity contribution is 7.09. The zero-order valence-corrected chi connectivity index (χ0v) is 13.1. The van der Waals surface area contributed by atoms with Gasteiger partial charge in [-0.2, -0.15) is 0 Å². The lowest BCUT2D eigenvalue weighted by Crippen LogP contribution is -2.28. The summed E-state index contributed by atoms with van der Waals surface area (Å²) in [6, 6.07) is 8.23. The molecule has 0 fully saturated rings. The summed E-state index contributed by atoms with van der Waals surface area (Å²) in [6.07, 6.45) is 0.545. The van der Waals surface area contributed by atoms with Crippen molar-refractivity contribution in [3.8, 4) is 0 Å². The lowest BCUT2D eigenvalue weighted by atomic mass is 9.97. The smallest absolute Gasteiger partial charge is 0.223 e. The normalized spacial score (nSPS) is 16.4. The van der Waals surface area contributed by atoms with E-state index >= 15 is 0 Å². The Labute approximate surface area is 128 Å². The van der Waals surface area contributed by atoms with Crippen molar-refractivity contribution in [3.63, 3.8) is 0 Å². The summed E-state index contributed by atoms with van der Waals surface area (Å²) in [7, 11) is 1.85. The van der Waals surface area contributed by atoms with Crippen LogP contribution in [0.5, 0.6) is 0 Å². The highest BCUT2D eigenvalue weighted by Crippen LogP contribution is 2.33. The van der Waals surface area contributed by atoms with E-state index in [1.807, 2.05) is 31.5 Å². The van der Waals surface area contributed by atoms with Crippen LogP contribution in [0.2, 0.25) is 0 Å². The number of carbonyl (C=O) groups is 1. The van der Waals surface area contributed by atoms with Crippen molar-refractivity contribution < 1.29 is 4.79 Å². The molecule has 1 atom stereocenters. The predicted octanol–water partition coefficient (Wildman–Crippen LogP) is 3.01. The number of para-hydroxylation sites is 1. The summed E-state index contributed by atoms with van der Waals surface area (Å²) >= 11 is 1.62. The van der Waals surface area contributed by atoms with Gasteiger partial charge in [0, 0.05) is 37.0 Å². The van der Waals surface area contributed by atoms with Crippen molar-refractivity contribution in [2.45, 2.75) is 25.8 Å². The second-order valence-electron chi connectivity index (χ2n) is 5.48. The molecule has 1 amide bonds. The summed E-state index contributed by atoms with van der Waals surface area (Å²) < 4.78 is 0. The predicted molar refractivity (Wildman–Crippen MR) is 85.6 cm³/mol. The number of aryl methyl sites for hydroxylation is 1. The molecule has 0 aliphatic carbocycles. The van der Waals surface area contributed by atoms with Gasteiger partial charge >= 0.3 is 0 Å². The molecule has 1 aliphatic heterocycles. The highest BCUT2D eigenvalue weighted by atomic mass is 32.1. The molecule has 0 spiro atoms. The number of thiazole rings is 1. The minimum atomic E-state index is 0.171. The van der Waals surface area contributed by atoms with E-state index in [0.717, 1.165) is 22.9 Å². The maximum Gasteiger partial charge on any atom is 0.223 e. The van der Waals surface area contributed by atoms with E-state index in [0.29, 0.717) is 13.0 Å². The number of hydrogen-bond donors (Lipinski definition) is 1. The first kappa shape index (κ1) is 14.1. The fraction of sp³-hybridized carbons (Fsp3) is 0.375. The lowest BCUT2D eigenvalue weighted by molar-refractivity contribution is -0.130. The average molecular weight is 301 g/mol. The van der Waals surface area contributed by atoms with Gasteiger partial charge in [-0.05, 0) is 18.6 Å². The molecular weight excluding hydrogens is 282 g/mol. The van der Waals surface area contributed by atoms with Crippen LogP contribution in [0, 0.1) is 6.92 Å². The summed E-state index contributed by atoms with van der Waals surface area (Å²) in [5.74, 6) is 0.442. The molecule has 2 heterocycles. The number of nitrogens with one attached hydrogen (secondary N) is 1. The van der Waals surface area contributed by atoms with Crippen molar-refractivity contribution in [2.75, 3.05) is 18.9 Å². The first-order valence-electron chi connectivity index (χ1n) is 7.11. The molecule has 1 aromatic heterocycles. The van der Waals surface area contributed by atoms with Gasteiger partial charge in [0.1, 0.15) is 0 Å². The second kappa shape index (κ2) is 5.85. The largest absolute Gasteiger partial charge is 0.384 e. The molecule has 0 saturated carbocycles. The standard InChI is InChI=1S/C16H19N3OS/c1-11-18-13(10-21-11)9-19(2)16(20)7-12-8-17-15-6-4-3-5-14(12)15/h3-6,10,12,17H,7-9H2,1-2H3. The van der Waals surface area contributed by atoms with Crippen LogP contribution >= 0.6 is 11.3 Å². The van der Waals surface area contributed by atoms with Gasteiger partial charge in [-0.25, -0.2) is 4.98 Å². The van der Waals surface area contributed by atoms with Gasteiger partial charge < -0.3 is 10.2 Å². The Morgan fingerprint density at radius 2 is 2.29 bits per heavy atom. The van der Waals surface area contributed by atoms with Gasteiger partial charge in [-0.15, -0.1) is 11.3 Å². The van der Waals surface area contributed by atoms with Gasteiger partial charge in [-0.3, -0.25) is 4.79 Å². The van der Waals surface area contributed by atoms with Crippen LogP contribution in [-0.4, -0.2) is 29.4 Å². The number of benzene rings is 1. The first-order chi connectivity index (χ1) is 10.1. The number of aromatic nitrogens is 1. The van der Waals surface area contributed by atoms with Crippen molar-refractivity contribution in [1.82, 2.24) is 9.88 Å². The number of rotatable bonds is 4. The van der Waals surface area contributed by atoms with Crippen LogP contribution in [0.1, 0.15) is 28.6 Å². The third-order valence-electron chi connectivity index (χ3n) is 3.85. The zero-order chi connectivity index (χ0) is 14.8. The molecule has 2 aromatic rings. The van der Waals surface area contributed by atoms with E-state index in [4.69, 9.17) is 0 Å². The number of anilines is 1. The van der Waals surface area contributed by atoms with Crippen LogP contribution in [0.25, 0.3) is 0 Å². The molecule has 1 unspecified atom stereocenters. The van der Waals surface area contributed by atoms with E-state index < -0.39 is 0 Å². The Hall–Kier alpha value is -1.88. The zero-order valence-electron chi connectivity index (χ0n) is 12.3. The molecule has 4 nitrogen and oxygen atoms in total. The minimum Gasteiger partial charge on any atom is -0.384 e. The fourth-order valence-electron chi connectivity index (χ4n) is 2.72. The van der Waals surface area contributed by atoms with E-state index in [1.54, 1.807) is 16.2 Å². The van der Waals surface area contributed by atoms with E-state index in [-0.39, 0.29) is 11.8 Å². The van der Waals surface area contributed by atoms with Crippen LogP contribution in [-0.2, 0) is 11.3 Å². The monoisotopic (exact) mass is 301 g/mol. The maximum atomic E-state index is 12.4. The van der Waals surface area contributed by atoms with Gasteiger partial charge in [-0.1, -0.05) is 18.2 Å². The Balaban J connectivity index is 1.62. The minimum absolute atomic E-state index is 0.171. The average Bonchev–Trinajstić information content (AvgIpc) is 3.06. The number of carbonyl (C=O) groups excluding carboxylic acids is 1. The van der Waals surface area contributed by atoms with Crippen LogP contribution in [0.15, 0.2) is 29.6 Å². The number of hydrogen-bond acceptors (Lipinski definition) is 4. The van der Waals surface area contributed by atoms with Crippen LogP contribution < -0.4 is 5.32 Å². The summed E-state index contributed by atoms with van der Waals surface area (Å²) in [5, 5.41) is 6.43. The second-order valence-corrected chi connectivity index (χ2v) is 6.54. The maximum absolute atomic E-state index is 12.4. The van der Waals surface area contributed by atoms with Gasteiger partial charge in [0.05, 0.1) is 17.2 Å². The van der Waals surface area contributed by atoms with E-state index in [9.17, 15) is 4.79 Å². The van der Waals surface area contributed by atoms with Crippen LogP contribution in [0.4, 0.5) is 5.69 Å². The van der Waals surface area contributed by atoms with Crippen molar-refractivity contribution in [1.29, 1.82) is 0 Å². The first-order valence-corrected chi connectivity index (χ1v) is 7.99. The lowest BCUT2D eigenvalue weighted by Gasteiger charge is -2.18. The highest BCUT2D eigenvalue weighted by Gasteiger charge is 2.25. The van der Waals surface area contributed by atoms with Crippen molar-refractivity contribution in [3.05, 3.63) is 45.9 Å².